The van der Waals surface area contributed by atoms with Crippen LogP contribution in [0, 0.1) is 5.41 Å². The number of amidine groups is 1. The van der Waals surface area contributed by atoms with Gasteiger partial charge in [0.25, 0.3) is 0 Å². The van der Waals surface area contributed by atoms with Gasteiger partial charge in [-0.1, -0.05) is 25.8 Å². The number of nitrogens with two attached hydrogens (primary N) is 1. The van der Waals surface area contributed by atoms with E-state index in [1.165, 1.54) is 6.42 Å². The van der Waals surface area contributed by atoms with Crippen LogP contribution in [0.25, 0.3) is 0 Å². The number of nitrogens with one attached hydrogen (secondary N) is 1. The molecule has 0 amide bonds. The third kappa shape index (κ3) is 3.52. The molecule has 0 aromatic heterocycles. The molecule has 0 radical (unpaired) electrons. The van der Waals surface area contributed by atoms with Crippen molar-refractivity contribution in [1.82, 2.24) is 0 Å². The van der Waals surface area contributed by atoms with E-state index in [0.29, 0.717) is 17.9 Å². The van der Waals surface area contributed by atoms with Crippen LogP contribution in [0.4, 0.5) is 0 Å². The zero-order valence-electron chi connectivity index (χ0n) is 9.42. The molecule has 0 spiro atoms. The monoisotopic (exact) mass is 284 g/mol. The van der Waals surface area contributed by atoms with E-state index in [2.05, 4.69) is 22.9 Å². The molecule has 3 nitrogen and oxygen atoms in total. The van der Waals surface area contributed by atoms with Gasteiger partial charge in [0, 0.05) is 4.47 Å². The lowest BCUT2D eigenvalue weighted by atomic mass is 10.2. The first-order chi connectivity index (χ1) is 7.66. The van der Waals surface area contributed by atoms with Gasteiger partial charge in [0.2, 0.25) is 0 Å². The average molecular weight is 285 g/mol. The summed E-state index contributed by atoms with van der Waals surface area (Å²) in [5, 5.41) is 7.50. The zero-order chi connectivity index (χ0) is 12.0. The highest BCUT2D eigenvalue weighted by Gasteiger charge is 2.10. The van der Waals surface area contributed by atoms with Gasteiger partial charge in [0.1, 0.15) is 11.6 Å². The first-order valence-electron chi connectivity index (χ1n) is 5.42. The van der Waals surface area contributed by atoms with Gasteiger partial charge >= 0.3 is 0 Å². The minimum atomic E-state index is 0.0259. The molecule has 0 saturated heterocycles. The normalized spacial score (nSPS) is 10.1. The summed E-state index contributed by atoms with van der Waals surface area (Å²) in [7, 11) is 0. The number of hydrogen-bond donors (Lipinski definition) is 2. The summed E-state index contributed by atoms with van der Waals surface area (Å²) in [5.41, 5.74) is 6.16. The van der Waals surface area contributed by atoms with Crippen molar-refractivity contribution >= 4 is 21.8 Å². The van der Waals surface area contributed by atoms with Crippen molar-refractivity contribution in [3.05, 3.63) is 28.2 Å². The van der Waals surface area contributed by atoms with Crippen molar-refractivity contribution in [3.63, 3.8) is 0 Å². The summed E-state index contributed by atoms with van der Waals surface area (Å²) in [6.07, 6.45) is 3.35. The molecule has 0 bridgehead atoms. The minimum Gasteiger partial charge on any atom is -0.493 e. The molecule has 0 fully saturated rings. The molecule has 0 saturated carbocycles. The summed E-state index contributed by atoms with van der Waals surface area (Å²) in [4.78, 5) is 0. The first-order valence-corrected chi connectivity index (χ1v) is 6.21. The maximum Gasteiger partial charge on any atom is 0.131 e. The van der Waals surface area contributed by atoms with Crippen LogP contribution >= 0.6 is 15.9 Å². The van der Waals surface area contributed by atoms with Gasteiger partial charge in [0.05, 0.1) is 12.2 Å². The van der Waals surface area contributed by atoms with E-state index in [9.17, 15) is 0 Å². The molecule has 0 aliphatic rings. The fourth-order valence-corrected chi connectivity index (χ4v) is 1.98. The predicted molar refractivity (Wildman–Crippen MR) is 70.2 cm³/mol. The number of nitrogen functional groups attached to an aromatic ring is 1. The lowest BCUT2D eigenvalue weighted by Gasteiger charge is -2.11. The highest BCUT2D eigenvalue weighted by Crippen LogP contribution is 2.26. The van der Waals surface area contributed by atoms with Gasteiger partial charge < -0.3 is 10.5 Å². The Bertz CT molecular complexity index is 366. The summed E-state index contributed by atoms with van der Waals surface area (Å²) in [5.74, 6) is 0.705. The first kappa shape index (κ1) is 13.0. The van der Waals surface area contributed by atoms with E-state index in [1.807, 2.05) is 18.2 Å². The number of benzene rings is 1. The molecule has 88 valence electrons. The Kier molecular flexibility index (Phi) is 5.32. The van der Waals surface area contributed by atoms with Crippen LogP contribution in [-0.2, 0) is 0 Å². The van der Waals surface area contributed by atoms with Gasteiger partial charge in [-0.15, -0.1) is 0 Å². The molecule has 1 aromatic carbocycles. The Labute approximate surface area is 105 Å². The van der Waals surface area contributed by atoms with Crippen molar-refractivity contribution in [3.8, 4) is 5.75 Å². The Morgan fingerprint density at radius 1 is 1.44 bits per heavy atom. The van der Waals surface area contributed by atoms with E-state index in [-0.39, 0.29) is 5.84 Å². The average Bonchev–Trinajstić information content (AvgIpc) is 2.24. The van der Waals surface area contributed by atoms with Gasteiger partial charge in [-0.05, 0) is 34.5 Å². The van der Waals surface area contributed by atoms with E-state index in [0.717, 1.165) is 17.3 Å². The number of rotatable bonds is 6. The second-order valence-corrected chi connectivity index (χ2v) is 4.44. The molecule has 0 unspecified atom stereocenters. The maximum absolute atomic E-state index is 7.50. The van der Waals surface area contributed by atoms with Gasteiger partial charge in [-0.2, -0.15) is 0 Å². The van der Waals surface area contributed by atoms with Crippen molar-refractivity contribution in [2.75, 3.05) is 6.61 Å². The number of hydrogen-bond acceptors (Lipinski definition) is 2. The van der Waals surface area contributed by atoms with Crippen LogP contribution in [0.1, 0.15) is 31.7 Å². The van der Waals surface area contributed by atoms with Crippen LogP contribution in [0.2, 0.25) is 0 Å². The minimum absolute atomic E-state index is 0.0259. The van der Waals surface area contributed by atoms with Crippen LogP contribution in [0.15, 0.2) is 22.7 Å². The zero-order valence-corrected chi connectivity index (χ0v) is 11.0. The molecule has 4 heteroatoms. The molecule has 1 rings (SSSR count). The second-order valence-electron chi connectivity index (χ2n) is 3.58. The SMILES string of the molecule is CCCCCOc1cccc(Br)c1C(=N)N. The third-order valence-corrected chi connectivity index (χ3v) is 2.91. The van der Waals surface area contributed by atoms with Gasteiger partial charge in [-0.3, -0.25) is 5.41 Å². The topological polar surface area (TPSA) is 59.1 Å². The fourth-order valence-electron chi connectivity index (χ4n) is 1.42. The fraction of sp³-hybridized carbons (Fsp3) is 0.417. The number of unbranched alkanes of at least 4 members (excludes halogenated alkanes) is 2. The summed E-state index contributed by atoms with van der Waals surface area (Å²) in [6, 6.07) is 5.58. The van der Waals surface area contributed by atoms with Crippen LogP contribution < -0.4 is 10.5 Å². The summed E-state index contributed by atoms with van der Waals surface area (Å²) >= 11 is 3.37. The molecule has 3 N–H and O–H groups in total. The maximum atomic E-state index is 7.50. The Morgan fingerprint density at radius 3 is 2.81 bits per heavy atom. The van der Waals surface area contributed by atoms with E-state index < -0.39 is 0 Å². The van der Waals surface area contributed by atoms with Gasteiger partial charge in [0.15, 0.2) is 0 Å². The molecule has 0 atom stereocenters. The predicted octanol–water partition coefficient (Wildman–Crippen LogP) is 3.30. The van der Waals surface area contributed by atoms with Crippen LogP contribution in [0.3, 0.4) is 0 Å². The van der Waals surface area contributed by atoms with Crippen molar-refractivity contribution < 1.29 is 4.74 Å². The molecular weight excluding hydrogens is 268 g/mol. The second kappa shape index (κ2) is 6.53. The Hall–Kier alpha value is -1.03. The Morgan fingerprint density at radius 2 is 2.19 bits per heavy atom. The van der Waals surface area contributed by atoms with Crippen LogP contribution in [-0.4, -0.2) is 12.4 Å². The van der Waals surface area contributed by atoms with Crippen molar-refractivity contribution in [1.29, 1.82) is 5.41 Å². The summed E-state index contributed by atoms with van der Waals surface area (Å²) in [6.45, 7) is 2.82. The highest BCUT2D eigenvalue weighted by molar-refractivity contribution is 9.10. The van der Waals surface area contributed by atoms with Crippen LogP contribution in [0.5, 0.6) is 5.75 Å². The van der Waals surface area contributed by atoms with Crippen molar-refractivity contribution in [2.45, 2.75) is 26.2 Å². The quantitative estimate of drug-likeness (QED) is 0.478. The molecule has 0 aliphatic carbocycles. The summed E-state index contributed by atoms with van der Waals surface area (Å²) < 4.78 is 6.43. The van der Waals surface area contributed by atoms with Crippen molar-refractivity contribution in [2.24, 2.45) is 5.73 Å². The lowest BCUT2D eigenvalue weighted by molar-refractivity contribution is 0.305. The van der Waals surface area contributed by atoms with E-state index in [1.54, 1.807) is 0 Å². The molecular formula is C12H17BrN2O. The highest BCUT2D eigenvalue weighted by atomic mass is 79.9. The standard InChI is InChI=1S/C12H17BrN2O/c1-2-3-4-8-16-10-7-5-6-9(13)11(10)12(14)15/h5-7H,2-4,8H2,1H3,(H3,14,15). The Balaban J connectivity index is 2.71. The molecule has 0 aliphatic heterocycles. The number of ether oxygens (including phenoxy) is 1. The largest absolute Gasteiger partial charge is 0.493 e. The van der Waals surface area contributed by atoms with Gasteiger partial charge in [-0.25, -0.2) is 0 Å². The van der Waals surface area contributed by atoms with E-state index in [4.69, 9.17) is 15.9 Å². The van der Waals surface area contributed by atoms with E-state index >= 15 is 0 Å². The molecule has 16 heavy (non-hydrogen) atoms. The lowest BCUT2D eigenvalue weighted by Crippen LogP contribution is -2.14. The number of halogens is 1. The molecule has 1 aromatic rings. The smallest absolute Gasteiger partial charge is 0.131 e. The molecule has 0 heterocycles. The third-order valence-electron chi connectivity index (χ3n) is 2.25.